The van der Waals surface area contributed by atoms with Crippen molar-refractivity contribution >= 4 is 274 Å². The van der Waals surface area contributed by atoms with Gasteiger partial charge in [-0.05, 0) is 203 Å². The maximum atomic E-state index is 15.6. The third-order valence-electron chi connectivity index (χ3n) is 12.0. The van der Waals surface area contributed by atoms with Gasteiger partial charge in [-0.25, -0.2) is 0 Å². The summed E-state index contributed by atoms with van der Waals surface area (Å²) in [5, 5.41) is 96.1. The van der Waals surface area contributed by atoms with Gasteiger partial charge in [0.15, 0.2) is 0 Å². The number of aliphatic hydroxyl groups excluding tert-OH is 9. The van der Waals surface area contributed by atoms with Crippen molar-refractivity contribution in [2.75, 3.05) is 137 Å². The van der Waals surface area contributed by atoms with Gasteiger partial charge in [0.05, 0.1) is 110 Å². The summed E-state index contributed by atoms with van der Waals surface area (Å²) in [5.41, 5.74) is -0.683. The van der Waals surface area contributed by atoms with Gasteiger partial charge >= 0.3 is 0 Å². The summed E-state index contributed by atoms with van der Waals surface area (Å²) in [6.45, 7) is -7.31. The number of benzene rings is 3. The number of aliphatic hydroxyl groups is 9. The van der Waals surface area contributed by atoms with E-state index in [1.54, 1.807) is 158 Å². The maximum absolute atomic E-state index is 15.6. The third kappa shape index (κ3) is 19.1. The monoisotopic (exact) mass is 2190 g/mol. The number of hydrogen-bond donors (Lipinski definition) is 12. The molecule has 3 atom stereocenters. The highest BCUT2D eigenvalue weighted by Crippen LogP contribution is 2.40. The summed E-state index contributed by atoms with van der Waals surface area (Å²) in [4.78, 5) is 133. The first-order valence-corrected chi connectivity index (χ1v) is 33.7. The van der Waals surface area contributed by atoms with Crippen LogP contribution in [0, 0.1) is 32.1 Å². The van der Waals surface area contributed by atoms with Crippen molar-refractivity contribution in [1.82, 2.24) is 29.4 Å². The zero-order valence-corrected chi connectivity index (χ0v) is 64.1. The Hall–Kier alpha value is -0.900. The molecule has 0 radical (unpaired) electrons. The molecule has 0 saturated heterocycles. The van der Waals surface area contributed by atoms with Gasteiger partial charge < -0.3 is 91.3 Å². The summed E-state index contributed by atoms with van der Waals surface area (Å²) in [5.74, 6) is -7.16. The van der Waals surface area contributed by atoms with Crippen LogP contribution in [-0.4, -0.2) is 268 Å². The first kappa shape index (κ1) is 77.3. The van der Waals surface area contributed by atoms with E-state index in [2.05, 4.69) is 16.0 Å². The third-order valence-corrected chi connectivity index (χ3v) is 21.7. The Bertz CT molecular complexity index is 2920. The molecule has 84 heavy (non-hydrogen) atoms. The lowest BCUT2D eigenvalue weighted by molar-refractivity contribution is -0.119. The number of hydrogen-bond acceptors (Lipinski definition) is 18. The molecule has 0 spiro atoms. The summed E-state index contributed by atoms with van der Waals surface area (Å²) < 4.78 is 1.12. The van der Waals surface area contributed by atoms with Gasteiger partial charge in [-0.3, -0.25) is 43.2 Å². The first-order valence-electron chi connectivity index (χ1n) is 24.0. The molecular formula is C48H56I9N9O18. The standard InChI is InChI=1S/C48H56I9N9O18/c1-61(43(79)25-31(49)27(45(81)63(3)10-19(73)13-67)36(54)40(34(25)52)58-22(76)16-70)6-8-66(48(84)30-33(51)29(47(83)65(5)12-21(75)15-69)38(56)42(39(30)57)60-24(78)18-72)9-7-62(2)44(80)26-32(50)28(46(82)64(4)11-20(74)14-68)37(55)41(35(26)53)59-23(77)17-71/h19-21,67-75H,6-18H2,1-5H3,(H,58,76)(H,59,77)(H,60,78). The van der Waals surface area contributed by atoms with Crippen LogP contribution in [0.3, 0.4) is 0 Å². The Balaban J connectivity index is 2.38. The molecule has 0 aliphatic carbocycles. The molecular weight excluding hydrogens is 2130 g/mol. The number of nitrogens with zero attached hydrogens (tertiary/aromatic N) is 6. The second-order valence-electron chi connectivity index (χ2n) is 18.1. The van der Waals surface area contributed by atoms with Crippen LogP contribution in [0.5, 0.6) is 0 Å². The van der Waals surface area contributed by atoms with Crippen LogP contribution >= 0.6 is 203 Å². The topological polar surface area (TPSA) is 391 Å². The van der Waals surface area contributed by atoms with Gasteiger partial charge in [0, 0.05) is 91.8 Å². The quantitative estimate of drug-likeness (QED) is 0.0477. The van der Waals surface area contributed by atoms with E-state index in [4.69, 9.17) is 0 Å². The molecule has 36 heteroatoms. The largest absolute Gasteiger partial charge is 0.394 e. The normalized spacial score (nSPS) is 12.2. The molecule has 0 saturated carbocycles. The van der Waals surface area contributed by atoms with Gasteiger partial charge in [0.2, 0.25) is 17.7 Å². The molecule has 0 aliphatic heterocycles. The molecule has 0 fully saturated rings. The van der Waals surface area contributed by atoms with Gasteiger partial charge in [-0.2, -0.15) is 0 Å². The molecule has 0 bridgehead atoms. The fourth-order valence-electron chi connectivity index (χ4n) is 7.53. The minimum atomic E-state index is -1.37. The SMILES string of the molecule is CN(CCN(CCN(C)C(=O)c1c(I)c(NC(=O)CO)c(I)c(C(=O)N(C)CC(O)CO)c1I)C(=O)c1c(I)c(NC(=O)CO)c(I)c(C(=O)N(C)CC(O)CO)c1I)C(=O)c1c(I)c(NC(=O)CO)c(I)c(C(=O)N(C)CC(O)CO)c1I. The lowest BCUT2D eigenvalue weighted by Gasteiger charge is -2.31. The first-order chi connectivity index (χ1) is 39.2. The minimum Gasteiger partial charge on any atom is -0.394 e. The molecule has 3 aromatic carbocycles. The highest BCUT2D eigenvalue weighted by Gasteiger charge is 2.37. The summed E-state index contributed by atoms with van der Waals surface area (Å²) in [6.07, 6.45) is -4.03. The van der Waals surface area contributed by atoms with Crippen LogP contribution in [0.1, 0.15) is 62.1 Å². The Kier molecular flexibility index (Phi) is 32.8. The van der Waals surface area contributed by atoms with Crippen molar-refractivity contribution in [2.24, 2.45) is 0 Å². The highest BCUT2D eigenvalue weighted by atomic mass is 127. The Labute approximate surface area is 604 Å². The van der Waals surface area contributed by atoms with E-state index in [-0.39, 0.29) is 128 Å². The molecule has 3 aromatic rings. The number of carbonyl (C=O) groups is 9. The van der Waals surface area contributed by atoms with Crippen molar-refractivity contribution in [1.29, 1.82) is 0 Å². The van der Waals surface area contributed by atoms with Crippen molar-refractivity contribution in [3.63, 3.8) is 0 Å². The Morgan fingerprint density at radius 2 is 0.536 bits per heavy atom. The van der Waals surface area contributed by atoms with E-state index in [0.717, 1.165) is 14.7 Å². The Morgan fingerprint density at radius 1 is 0.333 bits per heavy atom. The molecule has 0 aliphatic rings. The second kappa shape index (κ2) is 35.6. The van der Waals surface area contributed by atoms with Crippen molar-refractivity contribution in [3.8, 4) is 0 Å². The van der Waals surface area contributed by atoms with Crippen molar-refractivity contribution in [2.45, 2.75) is 18.3 Å². The predicted molar refractivity (Wildman–Crippen MR) is 381 cm³/mol. The number of carbonyl (C=O) groups excluding carboxylic acids is 9. The average molecular weight is 2190 g/mol. The number of anilines is 3. The average Bonchev–Trinajstić information content (AvgIpc) is 2.92. The van der Waals surface area contributed by atoms with Gasteiger partial charge in [0.1, 0.15) is 19.8 Å². The van der Waals surface area contributed by atoms with E-state index >= 15 is 4.79 Å². The van der Waals surface area contributed by atoms with E-state index in [1.165, 1.54) is 49.9 Å². The zero-order chi connectivity index (χ0) is 64.1. The van der Waals surface area contributed by atoms with Crippen LogP contribution in [0.4, 0.5) is 17.1 Å². The van der Waals surface area contributed by atoms with Crippen LogP contribution in [0.2, 0.25) is 0 Å². The highest BCUT2D eigenvalue weighted by molar-refractivity contribution is 14.1. The van der Waals surface area contributed by atoms with E-state index < -0.39 is 111 Å². The predicted octanol–water partition coefficient (Wildman–Crippen LogP) is 1.18. The fourth-order valence-corrected chi connectivity index (χ4v) is 20.6. The number of halogens is 9. The molecule has 3 unspecified atom stereocenters. The molecule has 0 aromatic heterocycles. The van der Waals surface area contributed by atoms with E-state index in [0.29, 0.717) is 0 Å². The van der Waals surface area contributed by atoms with Gasteiger partial charge in [-0.1, -0.05) is 0 Å². The Morgan fingerprint density at radius 3 is 0.738 bits per heavy atom. The van der Waals surface area contributed by atoms with E-state index in [9.17, 15) is 84.3 Å². The van der Waals surface area contributed by atoms with Crippen LogP contribution in [0.25, 0.3) is 0 Å². The number of amides is 9. The number of rotatable bonds is 27. The van der Waals surface area contributed by atoms with Crippen molar-refractivity contribution in [3.05, 3.63) is 65.5 Å². The smallest absolute Gasteiger partial charge is 0.256 e. The minimum absolute atomic E-state index is 0.00504. The van der Waals surface area contributed by atoms with Crippen LogP contribution in [-0.2, 0) is 14.4 Å². The van der Waals surface area contributed by atoms with E-state index in [1.807, 2.05) is 45.2 Å². The number of nitrogens with one attached hydrogen (secondary N) is 3. The lowest BCUT2D eigenvalue weighted by atomic mass is 10.1. The summed E-state index contributed by atoms with van der Waals surface area (Å²) >= 11 is 16.2. The number of likely N-dealkylation sites (N-methyl/N-ethyl adjacent to an activating group) is 5. The molecule has 464 valence electrons. The molecule has 9 amide bonds. The lowest BCUT2D eigenvalue weighted by Crippen LogP contribution is -2.45. The van der Waals surface area contributed by atoms with Crippen LogP contribution in [0.15, 0.2) is 0 Å². The summed E-state index contributed by atoms with van der Waals surface area (Å²) in [7, 11) is 6.80. The zero-order valence-electron chi connectivity index (χ0n) is 44.7. The van der Waals surface area contributed by atoms with Crippen LogP contribution < -0.4 is 16.0 Å². The van der Waals surface area contributed by atoms with Crippen molar-refractivity contribution < 1.29 is 89.1 Å². The fraction of sp³-hybridized carbons (Fsp3) is 0.438. The second-order valence-corrected chi connectivity index (χ2v) is 27.8. The molecule has 27 nitrogen and oxygen atoms in total. The molecule has 12 N–H and O–H groups in total. The molecule has 3 rings (SSSR count). The molecule has 0 heterocycles. The summed E-state index contributed by atoms with van der Waals surface area (Å²) in [6, 6.07) is 0. The van der Waals surface area contributed by atoms with Gasteiger partial charge in [-0.15, -0.1) is 0 Å². The maximum Gasteiger partial charge on any atom is 0.256 e. The van der Waals surface area contributed by atoms with Gasteiger partial charge in [0.25, 0.3) is 35.4 Å².